The van der Waals surface area contributed by atoms with Gasteiger partial charge < -0.3 is 33.6 Å². The van der Waals surface area contributed by atoms with Crippen molar-refractivity contribution in [1.29, 1.82) is 0 Å². The van der Waals surface area contributed by atoms with Gasteiger partial charge in [0.15, 0.2) is 34.5 Å². The third-order valence-electron chi connectivity index (χ3n) is 9.99. The monoisotopic (exact) mass is 609 g/mol. The summed E-state index contributed by atoms with van der Waals surface area (Å²) < 4.78 is 25.4. The van der Waals surface area contributed by atoms with Crippen molar-refractivity contribution in [3.8, 4) is 46.0 Å². The Bertz CT molecular complexity index is 1770. The van der Waals surface area contributed by atoms with Crippen molar-refractivity contribution in [2.24, 2.45) is 0 Å². The minimum Gasteiger partial charge on any atom is -0.504 e. The van der Waals surface area contributed by atoms with Gasteiger partial charge in [-0.15, -0.1) is 0 Å². The van der Waals surface area contributed by atoms with Crippen LogP contribution in [-0.2, 0) is 25.7 Å². The Kier molecular flexibility index (Phi) is 7.29. The van der Waals surface area contributed by atoms with Crippen LogP contribution >= 0.6 is 0 Å². The second-order valence-electron chi connectivity index (χ2n) is 13.1. The van der Waals surface area contributed by atoms with Gasteiger partial charge >= 0.3 is 0 Å². The number of rotatable bonds is 2. The fourth-order valence-electron chi connectivity index (χ4n) is 7.27. The first kappa shape index (κ1) is 29.3. The second-order valence-corrected chi connectivity index (χ2v) is 13.1. The zero-order valence-corrected chi connectivity index (χ0v) is 26.6. The number of hydrogen-bond acceptors (Lipinski definition) is 7. The van der Waals surface area contributed by atoms with Crippen LogP contribution in [0.4, 0.5) is 0 Å². The van der Waals surface area contributed by atoms with Gasteiger partial charge in [-0.2, -0.15) is 0 Å². The number of nitrogens with zero attached hydrogens (tertiary/aromatic N) is 2. The van der Waals surface area contributed by atoms with Crippen LogP contribution in [0, 0.1) is 0 Å². The van der Waals surface area contributed by atoms with E-state index < -0.39 is 0 Å². The lowest BCUT2D eigenvalue weighted by atomic mass is 9.86. The summed E-state index contributed by atoms with van der Waals surface area (Å²) in [7, 11) is 9.84. The molecule has 0 aliphatic carbocycles. The number of phenols is 2. The Labute approximate surface area is 264 Å². The van der Waals surface area contributed by atoms with E-state index in [2.05, 4.69) is 50.3 Å². The minimum absolute atomic E-state index is 0.00515. The molecule has 45 heavy (non-hydrogen) atoms. The highest BCUT2D eigenvalue weighted by atomic mass is 16.5. The smallest absolute Gasteiger partial charge is 0.201 e. The molecule has 8 nitrogen and oxygen atoms in total. The summed E-state index contributed by atoms with van der Waals surface area (Å²) in [6.45, 7) is 1.83. The van der Waals surface area contributed by atoms with Gasteiger partial charge in [0.1, 0.15) is 11.8 Å². The zero-order valence-electron chi connectivity index (χ0n) is 26.6. The fourth-order valence-corrected chi connectivity index (χ4v) is 7.27. The quantitative estimate of drug-likeness (QED) is 0.245. The van der Waals surface area contributed by atoms with Crippen molar-refractivity contribution >= 4 is 0 Å². The number of benzene rings is 4. The number of fused-ring (bicyclic) bond motifs is 2. The molecule has 0 unspecified atom stereocenters. The van der Waals surface area contributed by atoms with Crippen LogP contribution in [0.1, 0.15) is 45.5 Å². The molecule has 6 bridgehead atoms. The molecular formula is C37H41N2O6+. The average molecular weight is 610 g/mol. The molecule has 234 valence electrons. The summed E-state index contributed by atoms with van der Waals surface area (Å²) in [4.78, 5) is 2.35. The van der Waals surface area contributed by atoms with E-state index in [1.807, 2.05) is 30.3 Å². The molecule has 4 aromatic rings. The van der Waals surface area contributed by atoms with Crippen molar-refractivity contribution in [1.82, 2.24) is 4.90 Å². The van der Waals surface area contributed by atoms with Crippen molar-refractivity contribution in [2.45, 2.75) is 37.8 Å². The first-order valence-electron chi connectivity index (χ1n) is 15.6. The third kappa shape index (κ3) is 5.22. The topological polar surface area (TPSA) is 80.6 Å². The van der Waals surface area contributed by atoms with Gasteiger partial charge in [-0.25, -0.2) is 0 Å². The van der Waals surface area contributed by atoms with E-state index in [9.17, 15) is 10.2 Å². The number of likely N-dealkylation sites (N-methyl/N-ethyl adjacent to an activating group) is 2. The molecule has 4 aromatic carbocycles. The van der Waals surface area contributed by atoms with E-state index in [1.54, 1.807) is 20.3 Å². The van der Waals surface area contributed by atoms with E-state index >= 15 is 0 Å². The lowest BCUT2D eigenvalue weighted by Crippen LogP contribution is -2.48. The highest BCUT2D eigenvalue weighted by molar-refractivity contribution is 5.62. The first-order valence-corrected chi connectivity index (χ1v) is 15.6. The van der Waals surface area contributed by atoms with Gasteiger partial charge in [-0.1, -0.05) is 18.2 Å². The van der Waals surface area contributed by atoms with Crippen LogP contribution in [0.25, 0.3) is 0 Å². The van der Waals surface area contributed by atoms with Crippen molar-refractivity contribution in [3.63, 3.8) is 0 Å². The van der Waals surface area contributed by atoms with Gasteiger partial charge in [0.05, 0.1) is 40.4 Å². The Balaban J connectivity index is 1.46. The Morgan fingerprint density at radius 1 is 0.800 bits per heavy atom. The van der Waals surface area contributed by atoms with Crippen molar-refractivity contribution in [3.05, 3.63) is 94.0 Å². The SMILES string of the molecule is COc1cc2c3cc1Oc1c(O)c(OC)cc4c1[C@@H](Cc1ccc(cc1)Oc1cc(ccc1O)C[C@@H]3N(C)CC2)[N+](C)(C)CC4. The molecule has 0 radical (unpaired) electrons. The van der Waals surface area contributed by atoms with Gasteiger partial charge in [0.25, 0.3) is 0 Å². The predicted octanol–water partition coefficient (Wildman–Crippen LogP) is 6.70. The van der Waals surface area contributed by atoms with Gasteiger partial charge in [0.2, 0.25) is 5.75 Å². The standard InChI is InChI=1S/C37H40N2O6/c1-38-14-12-24-19-32(42-4)33-21-27(24)28(38)16-23-8-11-30(40)31(18-23)44-26-9-6-22(7-10-26)17-29-35-25(13-15-39(29,2)3)20-34(43-5)36(41)37(35)45-33/h6-11,18-21,28-29H,12-17H2,1-5H3,(H-,40,41)/p+1/t28-,29+/m0/s1. The zero-order chi connectivity index (χ0) is 31.5. The number of hydrogen-bond donors (Lipinski definition) is 2. The number of methoxy groups -OCH3 is 2. The van der Waals surface area contributed by atoms with Crippen molar-refractivity contribution in [2.75, 3.05) is 48.5 Å². The van der Waals surface area contributed by atoms with Gasteiger partial charge in [0, 0.05) is 25.4 Å². The maximum atomic E-state index is 11.7. The third-order valence-corrected chi connectivity index (χ3v) is 9.99. The molecule has 0 amide bonds. The molecule has 2 atom stereocenters. The molecule has 4 heterocycles. The number of ether oxygens (including phenoxy) is 4. The molecule has 0 spiro atoms. The van der Waals surface area contributed by atoms with Gasteiger partial charge in [-0.3, -0.25) is 4.90 Å². The van der Waals surface area contributed by atoms with Crippen LogP contribution < -0.4 is 18.9 Å². The number of phenolic OH excluding ortho intramolecular Hbond substituents is 2. The Morgan fingerprint density at radius 3 is 2.29 bits per heavy atom. The van der Waals surface area contributed by atoms with E-state index in [-0.39, 0.29) is 23.6 Å². The molecule has 0 fully saturated rings. The summed E-state index contributed by atoms with van der Waals surface area (Å²) in [5, 5.41) is 22.4. The van der Waals surface area contributed by atoms with E-state index in [4.69, 9.17) is 18.9 Å². The summed E-state index contributed by atoms with van der Waals surface area (Å²) in [6, 6.07) is 19.8. The lowest BCUT2D eigenvalue weighted by molar-refractivity contribution is -0.923. The molecule has 0 saturated heterocycles. The largest absolute Gasteiger partial charge is 0.504 e. The summed E-state index contributed by atoms with van der Waals surface area (Å²) in [6.07, 6.45) is 3.13. The van der Waals surface area contributed by atoms with E-state index in [1.165, 1.54) is 5.56 Å². The van der Waals surface area contributed by atoms with E-state index in [0.717, 1.165) is 64.7 Å². The van der Waals surface area contributed by atoms with Gasteiger partial charge in [-0.05, 0) is 90.2 Å². The van der Waals surface area contributed by atoms with E-state index in [0.29, 0.717) is 40.9 Å². The Hall–Kier alpha value is -4.40. The summed E-state index contributed by atoms with van der Waals surface area (Å²) in [5.41, 5.74) is 6.63. The maximum Gasteiger partial charge on any atom is 0.201 e. The maximum absolute atomic E-state index is 11.7. The average Bonchev–Trinajstić information content (AvgIpc) is 3.03. The highest BCUT2D eigenvalue weighted by Crippen LogP contribution is 2.52. The molecule has 4 aliphatic heterocycles. The van der Waals surface area contributed by atoms with Crippen LogP contribution in [0.5, 0.6) is 46.0 Å². The number of aromatic hydroxyl groups is 2. The fraction of sp³-hybridized carbons (Fsp3) is 0.351. The van der Waals surface area contributed by atoms with Crippen LogP contribution in [0.3, 0.4) is 0 Å². The predicted molar refractivity (Wildman–Crippen MR) is 172 cm³/mol. The van der Waals surface area contributed by atoms with Crippen LogP contribution in [0.2, 0.25) is 0 Å². The Morgan fingerprint density at radius 2 is 1.53 bits per heavy atom. The molecule has 0 aromatic heterocycles. The van der Waals surface area contributed by atoms with Crippen molar-refractivity contribution < 1.29 is 33.6 Å². The molecule has 0 saturated carbocycles. The molecular weight excluding hydrogens is 568 g/mol. The second kappa shape index (κ2) is 11.2. The number of quaternary nitrogens is 1. The molecule has 8 heteroatoms. The minimum atomic E-state index is -0.00799. The molecule has 4 aliphatic rings. The first-order chi connectivity index (χ1) is 21.6. The molecule has 8 rings (SSSR count). The van der Waals surface area contributed by atoms with Crippen LogP contribution in [-0.4, -0.2) is 68.0 Å². The molecule has 2 N–H and O–H groups in total. The normalized spacial score (nSPS) is 20.2. The highest BCUT2D eigenvalue weighted by Gasteiger charge is 2.41. The summed E-state index contributed by atoms with van der Waals surface area (Å²) in [5.74, 6) is 3.19. The lowest BCUT2D eigenvalue weighted by Gasteiger charge is -2.43. The van der Waals surface area contributed by atoms with Crippen LogP contribution in [0.15, 0.2) is 60.7 Å². The summed E-state index contributed by atoms with van der Waals surface area (Å²) >= 11 is 0.